The molecule has 0 aliphatic carbocycles. The van der Waals surface area contributed by atoms with Gasteiger partial charge in [-0.1, -0.05) is 29.8 Å². The summed E-state index contributed by atoms with van der Waals surface area (Å²) in [5, 5.41) is 0.671. The molecule has 0 saturated carbocycles. The van der Waals surface area contributed by atoms with Gasteiger partial charge in [0.1, 0.15) is 4.90 Å². The SMILES string of the molecule is Cc1cc(=O)[nH]c2cc(Cl)c(S(=O)(=O)Nc3ccccc3)cc12. The van der Waals surface area contributed by atoms with Gasteiger partial charge in [0.15, 0.2) is 0 Å². The van der Waals surface area contributed by atoms with Crippen molar-refractivity contribution >= 4 is 38.2 Å². The number of hydrogen-bond acceptors (Lipinski definition) is 3. The van der Waals surface area contributed by atoms with E-state index in [-0.39, 0.29) is 15.5 Å². The summed E-state index contributed by atoms with van der Waals surface area (Å²) < 4.78 is 27.6. The number of nitrogens with one attached hydrogen (secondary N) is 2. The van der Waals surface area contributed by atoms with E-state index in [2.05, 4.69) is 9.71 Å². The molecule has 0 amide bonds. The van der Waals surface area contributed by atoms with Crippen LogP contribution in [0.3, 0.4) is 0 Å². The first kappa shape index (κ1) is 15.6. The first-order valence-electron chi connectivity index (χ1n) is 6.78. The maximum atomic E-state index is 12.6. The normalized spacial score (nSPS) is 11.6. The van der Waals surface area contributed by atoms with E-state index in [4.69, 9.17) is 11.6 Å². The highest BCUT2D eigenvalue weighted by Crippen LogP contribution is 2.29. The van der Waals surface area contributed by atoms with E-state index in [0.29, 0.717) is 22.2 Å². The second-order valence-corrected chi connectivity index (χ2v) is 7.17. The van der Waals surface area contributed by atoms with E-state index in [1.54, 1.807) is 37.3 Å². The Morgan fingerprint density at radius 2 is 1.78 bits per heavy atom. The number of para-hydroxylation sites is 1. The summed E-state index contributed by atoms with van der Waals surface area (Å²) in [6.45, 7) is 1.74. The number of rotatable bonds is 3. The molecule has 0 atom stereocenters. The Morgan fingerprint density at radius 3 is 2.48 bits per heavy atom. The van der Waals surface area contributed by atoms with Crippen LogP contribution in [0.15, 0.2) is 58.2 Å². The van der Waals surface area contributed by atoms with Gasteiger partial charge in [0.2, 0.25) is 5.56 Å². The van der Waals surface area contributed by atoms with Crippen molar-refractivity contribution in [3.8, 4) is 0 Å². The third kappa shape index (κ3) is 3.09. The van der Waals surface area contributed by atoms with E-state index in [0.717, 1.165) is 0 Å². The predicted octanol–water partition coefficient (Wildman–Crippen LogP) is 3.29. The van der Waals surface area contributed by atoms with Crippen LogP contribution in [0.25, 0.3) is 10.9 Å². The molecule has 23 heavy (non-hydrogen) atoms. The monoisotopic (exact) mass is 348 g/mol. The van der Waals surface area contributed by atoms with Gasteiger partial charge in [-0.05, 0) is 36.8 Å². The summed E-state index contributed by atoms with van der Waals surface area (Å²) in [5.74, 6) is 0. The second-order valence-electron chi connectivity index (χ2n) is 5.12. The number of aromatic nitrogens is 1. The summed E-state index contributed by atoms with van der Waals surface area (Å²) in [6.07, 6.45) is 0. The van der Waals surface area contributed by atoms with Crippen molar-refractivity contribution in [2.45, 2.75) is 11.8 Å². The first-order chi connectivity index (χ1) is 10.9. The lowest BCUT2D eigenvalue weighted by atomic mass is 10.1. The molecule has 0 aliphatic heterocycles. The van der Waals surface area contributed by atoms with E-state index >= 15 is 0 Å². The molecule has 0 saturated heterocycles. The van der Waals surface area contributed by atoms with Crippen LogP contribution in [0, 0.1) is 6.92 Å². The van der Waals surface area contributed by atoms with Crippen molar-refractivity contribution in [2.75, 3.05) is 4.72 Å². The molecule has 3 aromatic rings. The van der Waals surface area contributed by atoms with Crippen LogP contribution in [0.2, 0.25) is 5.02 Å². The van der Waals surface area contributed by atoms with E-state index in [1.165, 1.54) is 18.2 Å². The molecule has 1 heterocycles. The fourth-order valence-corrected chi connectivity index (χ4v) is 3.96. The van der Waals surface area contributed by atoms with Crippen LogP contribution in [-0.4, -0.2) is 13.4 Å². The minimum atomic E-state index is -3.84. The lowest BCUT2D eigenvalue weighted by Crippen LogP contribution is -2.14. The Balaban J connectivity index is 2.15. The molecule has 0 fully saturated rings. The van der Waals surface area contributed by atoms with Crippen molar-refractivity contribution < 1.29 is 8.42 Å². The summed E-state index contributed by atoms with van der Waals surface area (Å²) in [6, 6.07) is 12.9. The van der Waals surface area contributed by atoms with Gasteiger partial charge >= 0.3 is 0 Å². The van der Waals surface area contributed by atoms with Gasteiger partial charge in [-0.15, -0.1) is 0 Å². The zero-order valence-electron chi connectivity index (χ0n) is 12.1. The zero-order valence-corrected chi connectivity index (χ0v) is 13.7. The number of anilines is 1. The average Bonchev–Trinajstić information content (AvgIpc) is 2.46. The standard InChI is InChI=1S/C16H13ClN2O3S/c1-10-7-16(20)18-14-9-13(17)15(8-12(10)14)23(21,22)19-11-5-3-2-4-6-11/h2-9,19H,1H3,(H,18,20). The average molecular weight is 349 g/mol. The molecular weight excluding hydrogens is 336 g/mol. The molecule has 0 spiro atoms. The molecule has 2 aromatic carbocycles. The number of aryl methyl sites for hydroxylation is 1. The number of H-pyrrole nitrogens is 1. The molecule has 0 unspecified atom stereocenters. The largest absolute Gasteiger partial charge is 0.322 e. The fraction of sp³-hybridized carbons (Fsp3) is 0.0625. The highest BCUT2D eigenvalue weighted by Gasteiger charge is 2.19. The minimum absolute atomic E-state index is 0.0364. The van der Waals surface area contributed by atoms with Gasteiger partial charge < -0.3 is 4.98 Å². The molecule has 5 nitrogen and oxygen atoms in total. The molecule has 0 radical (unpaired) electrons. The molecule has 0 aliphatic rings. The maximum absolute atomic E-state index is 12.6. The van der Waals surface area contributed by atoms with Crippen molar-refractivity contribution in [3.63, 3.8) is 0 Å². The van der Waals surface area contributed by atoms with E-state index in [1.807, 2.05) is 0 Å². The summed E-state index contributed by atoms with van der Waals surface area (Å²) in [7, 11) is -3.84. The Hall–Kier alpha value is -2.31. The fourth-order valence-electron chi connectivity index (χ4n) is 2.35. The van der Waals surface area contributed by atoms with Gasteiger partial charge in [0, 0.05) is 17.1 Å². The topological polar surface area (TPSA) is 79.0 Å². The number of sulfonamides is 1. The third-order valence-electron chi connectivity index (χ3n) is 3.42. The highest BCUT2D eigenvalue weighted by molar-refractivity contribution is 7.92. The summed E-state index contributed by atoms with van der Waals surface area (Å²) in [4.78, 5) is 14.1. The molecule has 3 rings (SSSR count). The van der Waals surface area contributed by atoms with Gasteiger partial charge in [-0.2, -0.15) is 0 Å². The molecule has 1 aromatic heterocycles. The van der Waals surface area contributed by atoms with Gasteiger partial charge in [-0.3, -0.25) is 9.52 Å². The lowest BCUT2D eigenvalue weighted by molar-refractivity contribution is 0.601. The van der Waals surface area contributed by atoms with Crippen molar-refractivity contribution in [1.82, 2.24) is 4.98 Å². The number of fused-ring (bicyclic) bond motifs is 1. The summed E-state index contributed by atoms with van der Waals surface area (Å²) in [5.41, 5.74) is 1.36. The highest BCUT2D eigenvalue weighted by atomic mass is 35.5. The quantitative estimate of drug-likeness (QED) is 0.762. The number of pyridine rings is 1. The van der Waals surface area contributed by atoms with Crippen LogP contribution in [-0.2, 0) is 10.0 Å². The van der Waals surface area contributed by atoms with Gasteiger partial charge in [0.25, 0.3) is 10.0 Å². The first-order valence-corrected chi connectivity index (χ1v) is 8.64. The molecule has 7 heteroatoms. The Labute approximate surface area is 138 Å². The zero-order chi connectivity index (χ0) is 16.6. The summed E-state index contributed by atoms with van der Waals surface area (Å²) >= 11 is 6.12. The van der Waals surface area contributed by atoms with Crippen LogP contribution < -0.4 is 10.3 Å². The van der Waals surface area contributed by atoms with Crippen LogP contribution in [0.1, 0.15) is 5.56 Å². The molecule has 118 valence electrons. The van der Waals surface area contributed by atoms with Gasteiger partial charge in [-0.25, -0.2) is 8.42 Å². The number of halogens is 1. The Morgan fingerprint density at radius 1 is 1.09 bits per heavy atom. The molecule has 0 bridgehead atoms. The Bertz CT molecular complexity index is 1040. The smallest absolute Gasteiger partial charge is 0.263 e. The molecule has 2 N–H and O–H groups in total. The number of hydrogen-bond donors (Lipinski definition) is 2. The van der Waals surface area contributed by atoms with Crippen LogP contribution >= 0.6 is 11.6 Å². The predicted molar refractivity (Wildman–Crippen MR) is 91.6 cm³/mol. The second kappa shape index (κ2) is 5.72. The van der Waals surface area contributed by atoms with Crippen LogP contribution in [0.4, 0.5) is 5.69 Å². The van der Waals surface area contributed by atoms with Crippen LogP contribution in [0.5, 0.6) is 0 Å². The third-order valence-corrected chi connectivity index (χ3v) is 5.26. The Kier molecular flexibility index (Phi) is 3.87. The van der Waals surface area contributed by atoms with Gasteiger partial charge in [0.05, 0.1) is 10.5 Å². The van der Waals surface area contributed by atoms with E-state index < -0.39 is 10.0 Å². The van der Waals surface area contributed by atoms with Crippen molar-refractivity contribution in [2.24, 2.45) is 0 Å². The minimum Gasteiger partial charge on any atom is -0.322 e. The van der Waals surface area contributed by atoms with Crippen molar-refractivity contribution in [1.29, 1.82) is 0 Å². The number of benzene rings is 2. The molecular formula is C16H13ClN2O3S. The van der Waals surface area contributed by atoms with Crippen molar-refractivity contribution in [3.05, 3.63) is 69.5 Å². The van der Waals surface area contributed by atoms with E-state index in [9.17, 15) is 13.2 Å². The maximum Gasteiger partial charge on any atom is 0.263 e. The lowest BCUT2D eigenvalue weighted by Gasteiger charge is -2.11. The number of aromatic amines is 1.